The molecule has 102 valence electrons. The Morgan fingerprint density at radius 2 is 2.05 bits per heavy atom. The van der Waals surface area contributed by atoms with Gasteiger partial charge in [0, 0.05) is 18.3 Å². The molecule has 1 aromatic heterocycles. The summed E-state index contributed by atoms with van der Waals surface area (Å²) in [4.78, 5) is 0. The monoisotopic (exact) mass is 280 g/mol. The summed E-state index contributed by atoms with van der Waals surface area (Å²) in [5.74, 6) is 0.686. The molecule has 1 N–H and O–H groups in total. The molecule has 0 unspecified atom stereocenters. The summed E-state index contributed by atoms with van der Waals surface area (Å²) in [5.41, 5.74) is 1.33. The van der Waals surface area contributed by atoms with Crippen molar-refractivity contribution in [3.63, 3.8) is 0 Å². The number of hydrogen-bond acceptors (Lipinski definition) is 4. The molecule has 7 heteroatoms. The van der Waals surface area contributed by atoms with Gasteiger partial charge in [-0.3, -0.25) is 4.72 Å². The van der Waals surface area contributed by atoms with Crippen molar-refractivity contribution in [3.8, 4) is 11.4 Å². The van der Waals surface area contributed by atoms with Crippen LogP contribution in [0.3, 0.4) is 0 Å². The number of aryl methyl sites for hydroxylation is 1. The average molecular weight is 280 g/mol. The molecule has 6 nitrogen and oxygen atoms in total. The number of rotatable bonds is 4. The fraction of sp³-hybridized carbons (Fsp3) is 0.333. The Labute approximate surface area is 112 Å². The second kappa shape index (κ2) is 5.00. The van der Waals surface area contributed by atoms with Crippen LogP contribution in [-0.2, 0) is 17.1 Å². The van der Waals surface area contributed by atoms with Gasteiger partial charge in [-0.2, -0.15) is 0 Å². The summed E-state index contributed by atoms with van der Waals surface area (Å²) in [6.45, 7) is 3.27. The maximum absolute atomic E-state index is 11.8. The van der Waals surface area contributed by atoms with Crippen LogP contribution < -0.4 is 4.72 Å². The second-order valence-corrected chi connectivity index (χ2v) is 6.78. The highest BCUT2D eigenvalue weighted by atomic mass is 32.2. The summed E-state index contributed by atoms with van der Waals surface area (Å²) >= 11 is 0. The first-order valence-corrected chi connectivity index (χ1v) is 7.41. The number of sulfonamides is 1. The Bertz CT molecular complexity index is 677. The maximum atomic E-state index is 11.8. The SMILES string of the molecule is CC(C)S(=O)(=O)Nc1cccc(-c2nncn2C)c1. The van der Waals surface area contributed by atoms with Crippen molar-refractivity contribution in [2.24, 2.45) is 7.05 Å². The van der Waals surface area contributed by atoms with Crippen LogP contribution in [0.5, 0.6) is 0 Å². The molecule has 0 atom stereocenters. The van der Waals surface area contributed by atoms with Gasteiger partial charge in [-0.05, 0) is 26.0 Å². The lowest BCUT2D eigenvalue weighted by Crippen LogP contribution is -2.22. The molecule has 1 heterocycles. The van der Waals surface area contributed by atoms with Gasteiger partial charge in [0.2, 0.25) is 10.0 Å². The molecule has 0 amide bonds. The number of aromatic nitrogens is 3. The van der Waals surface area contributed by atoms with E-state index in [-0.39, 0.29) is 0 Å². The molecule has 0 radical (unpaired) electrons. The maximum Gasteiger partial charge on any atom is 0.235 e. The Kier molecular flexibility index (Phi) is 3.57. The summed E-state index contributed by atoms with van der Waals surface area (Å²) < 4.78 is 28.0. The Morgan fingerprint density at radius 1 is 1.32 bits per heavy atom. The normalized spacial score (nSPS) is 11.8. The van der Waals surface area contributed by atoms with E-state index in [0.717, 1.165) is 5.56 Å². The minimum absolute atomic E-state index is 0.481. The third kappa shape index (κ3) is 2.93. The van der Waals surface area contributed by atoms with E-state index in [2.05, 4.69) is 14.9 Å². The molecule has 0 bridgehead atoms. The van der Waals surface area contributed by atoms with E-state index in [1.54, 1.807) is 42.9 Å². The zero-order valence-corrected chi connectivity index (χ0v) is 11.8. The van der Waals surface area contributed by atoms with E-state index in [0.29, 0.717) is 11.5 Å². The van der Waals surface area contributed by atoms with Crippen LogP contribution in [0, 0.1) is 0 Å². The number of hydrogen-bond donors (Lipinski definition) is 1. The van der Waals surface area contributed by atoms with Gasteiger partial charge in [-0.25, -0.2) is 8.42 Å². The van der Waals surface area contributed by atoms with Crippen molar-refractivity contribution in [1.82, 2.24) is 14.8 Å². The van der Waals surface area contributed by atoms with Crippen molar-refractivity contribution in [2.45, 2.75) is 19.1 Å². The fourth-order valence-electron chi connectivity index (χ4n) is 1.55. The Balaban J connectivity index is 2.34. The van der Waals surface area contributed by atoms with Crippen molar-refractivity contribution >= 4 is 15.7 Å². The molecule has 0 aliphatic rings. The largest absolute Gasteiger partial charge is 0.317 e. The molecule has 0 fully saturated rings. The van der Waals surface area contributed by atoms with Crippen LogP contribution >= 0.6 is 0 Å². The number of benzene rings is 1. The molecule has 19 heavy (non-hydrogen) atoms. The van der Waals surface area contributed by atoms with E-state index >= 15 is 0 Å². The standard InChI is InChI=1S/C12H16N4O2S/c1-9(2)19(17,18)15-11-6-4-5-10(7-11)12-14-13-8-16(12)3/h4-9,15H,1-3H3. The first kappa shape index (κ1) is 13.5. The van der Waals surface area contributed by atoms with Crippen molar-refractivity contribution in [1.29, 1.82) is 0 Å². The molecule has 2 rings (SSSR count). The lowest BCUT2D eigenvalue weighted by molar-refractivity contribution is 0.593. The third-order valence-corrected chi connectivity index (χ3v) is 4.47. The van der Waals surface area contributed by atoms with E-state index in [4.69, 9.17) is 0 Å². The lowest BCUT2D eigenvalue weighted by Gasteiger charge is -2.11. The highest BCUT2D eigenvalue weighted by Crippen LogP contribution is 2.21. The van der Waals surface area contributed by atoms with Crippen LogP contribution in [0.4, 0.5) is 5.69 Å². The van der Waals surface area contributed by atoms with Crippen molar-refractivity contribution in [3.05, 3.63) is 30.6 Å². The van der Waals surface area contributed by atoms with Gasteiger partial charge in [0.1, 0.15) is 6.33 Å². The minimum atomic E-state index is -3.34. The summed E-state index contributed by atoms with van der Waals surface area (Å²) in [5, 5.41) is 7.32. The van der Waals surface area contributed by atoms with Crippen molar-refractivity contribution in [2.75, 3.05) is 4.72 Å². The summed E-state index contributed by atoms with van der Waals surface area (Å²) in [6.07, 6.45) is 1.60. The molecule has 0 saturated heterocycles. The molecular weight excluding hydrogens is 264 g/mol. The fourth-order valence-corrected chi connectivity index (χ4v) is 2.24. The topological polar surface area (TPSA) is 76.9 Å². The highest BCUT2D eigenvalue weighted by Gasteiger charge is 2.16. The van der Waals surface area contributed by atoms with Gasteiger partial charge in [0.05, 0.1) is 5.25 Å². The molecule has 0 spiro atoms. The molecule has 2 aromatic rings. The number of anilines is 1. The van der Waals surface area contributed by atoms with Gasteiger partial charge in [-0.1, -0.05) is 12.1 Å². The van der Waals surface area contributed by atoms with Crippen LogP contribution in [-0.4, -0.2) is 28.4 Å². The quantitative estimate of drug-likeness (QED) is 0.923. The molecule has 0 saturated carbocycles. The van der Waals surface area contributed by atoms with Crippen LogP contribution in [0.15, 0.2) is 30.6 Å². The van der Waals surface area contributed by atoms with Gasteiger partial charge in [0.25, 0.3) is 0 Å². The van der Waals surface area contributed by atoms with Crippen molar-refractivity contribution < 1.29 is 8.42 Å². The predicted molar refractivity (Wildman–Crippen MR) is 74.1 cm³/mol. The van der Waals surface area contributed by atoms with Crippen LogP contribution in [0.25, 0.3) is 11.4 Å². The van der Waals surface area contributed by atoms with Gasteiger partial charge < -0.3 is 4.57 Å². The minimum Gasteiger partial charge on any atom is -0.317 e. The average Bonchev–Trinajstić information content (AvgIpc) is 2.75. The predicted octanol–water partition coefficient (Wildman–Crippen LogP) is 1.63. The third-order valence-electron chi connectivity index (χ3n) is 2.71. The van der Waals surface area contributed by atoms with Gasteiger partial charge >= 0.3 is 0 Å². The molecule has 0 aliphatic heterocycles. The van der Waals surface area contributed by atoms with Crippen LogP contribution in [0.1, 0.15) is 13.8 Å². The number of nitrogens with zero attached hydrogens (tertiary/aromatic N) is 3. The van der Waals surface area contributed by atoms with E-state index < -0.39 is 15.3 Å². The van der Waals surface area contributed by atoms with Gasteiger partial charge in [0.15, 0.2) is 5.82 Å². The lowest BCUT2D eigenvalue weighted by atomic mass is 10.2. The second-order valence-electron chi connectivity index (χ2n) is 4.54. The van der Waals surface area contributed by atoms with E-state index in [9.17, 15) is 8.42 Å². The summed E-state index contributed by atoms with van der Waals surface area (Å²) in [6, 6.07) is 7.09. The highest BCUT2D eigenvalue weighted by molar-refractivity contribution is 7.93. The first-order chi connectivity index (χ1) is 8.90. The van der Waals surface area contributed by atoms with E-state index in [1.165, 1.54) is 0 Å². The molecule has 0 aliphatic carbocycles. The molecule has 1 aromatic carbocycles. The Hall–Kier alpha value is -1.89. The van der Waals surface area contributed by atoms with Gasteiger partial charge in [-0.15, -0.1) is 10.2 Å². The number of nitrogens with one attached hydrogen (secondary N) is 1. The zero-order chi connectivity index (χ0) is 14.0. The zero-order valence-electron chi connectivity index (χ0n) is 11.0. The van der Waals surface area contributed by atoms with E-state index in [1.807, 2.05) is 13.1 Å². The smallest absolute Gasteiger partial charge is 0.235 e. The summed E-state index contributed by atoms with van der Waals surface area (Å²) in [7, 11) is -1.51. The molecular formula is C12H16N4O2S. The Morgan fingerprint density at radius 3 is 2.63 bits per heavy atom. The first-order valence-electron chi connectivity index (χ1n) is 5.86. The van der Waals surface area contributed by atoms with Crippen LogP contribution in [0.2, 0.25) is 0 Å².